The van der Waals surface area contributed by atoms with E-state index >= 15 is 0 Å². The molecular weight excluding hydrogens is 302 g/mol. The number of aromatic nitrogens is 3. The highest BCUT2D eigenvalue weighted by Gasteiger charge is 2.11. The fourth-order valence-electron chi connectivity index (χ4n) is 2.67. The minimum absolute atomic E-state index is 0.0302. The number of nitrogens with one attached hydrogen (secondary N) is 3. The lowest BCUT2D eigenvalue weighted by molar-refractivity contribution is 0.249. The number of carbonyl (C=O) groups is 1. The second-order valence-electron chi connectivity index (χ2n) is 6.08. The van der Waals surface area contributed by atoms with Gasteiger partial charge in [-0.2, -0.15) is 5.10 Å². The molecule has 2 aromatic heterocycles. The number of urea groups is 1. The Morgan fingerprint density at radius 1 is 1.25 bits per heavy atom. The number of aromatic amines is 1. The van der Waals surface area contributed by atoms with E-state index in [-0.39, 0.29) is 12.1 Å². The third-order valence-electron chi connectivity index (χ3n) is 3.76. The Kier molecular flexibility index (Phi) is 4.46. The molecular formula is C18H21N5O. The number of carbonyl (C=O) groups excluding carboxylic acids is 1. The van der Waals surface area contributed by atoms with Crippen molar-refractivity contribution in [3.8, 4) is 0 Å². The minimum atomic E-state index is -0.245. The number of nitrogens with zero attached hydrogens (tertiary/aromatic N) is 2. The van der Waals surface area contributed by atoms with E-state index in [4.69, 9.17) is 0 Å². The third-order valence-corrected chi connectivity index (χ3v) is 3.76. The van der Waals surface area contributed by atoms with Gasteiger partial charge in [0.15, 0.2) is 0 Å². The van der Waals surface area contributed by atoms with Crippen LogP contribution in [0.15, 0.2) is 36.4 Å². The van der Waals surface area contributed by atoms with E-state index in [0.29, 0.717) is 12.1 Å². The topological polar surface area (TPSA) is 82.7 Å². The van der Waals surface area contributed by atoms with Crippen molar-refractivity contribution in [3.63, 3.8) is 0 Å². The summed E-state index contributed by atoms with van der Waals surface area (Å²) in [6.07, 6.45) is 0.671. The van der Waals surface area contributed by atoms with Crippen LogP contribution in [0.1, 0.15) is 24.0 Å². The van der Waals surface area contributed by atoms with Gasteiger partial charge in [-0.3, -0.25) is 10.1 Å². The molecule has 1 unspecified atom stereocenters. The molecule has 3 aromatic rings. The fourth-order valence-corrected chi connectivity index (χ4v) is 2.67. The molecule has 1 atom stereocenters. The van der Waals surface area contributed by atoms with Crippen molar-refractivity contribution in [1.29, 1.82) is 0 Å². The van der Waals surface area contributed by atoms with Gasteiger partial charge in [-0.05, 0) is 39.0 Å². The molecule has 1 aromatic carbocycles. The van der Waals surface area contributed by atoms with Crippen LogP contribution >= 0.6 is 0 Å². The summed E-state index contributed by atoms with van der Waals surface area (Å²) < 4.78 is 0. The molecule has 24 heavy (non-hydrogen) atoms. The van der Waals surface area contributed by atoms with Gasteiger partial charge in [-0.1, -0.05) is 18.2 Å². The van der Waals surface area contributed by atoms with Gasteiger partial charge in [0.05, 0.1) is 16.9 Å². The van der Waals surface area contributed by atoms with Gasteiger partial charge in [-0.25, -0.2) is 4.79 Å². The van der Waals surface area contributed by atoms with Crippen LogP contribution in [-0.4, -0.2) is 27.3 Å². The summed E-state index contributed by atoms with van der Waals surface area (Å²) in [6.45, 7) is 5.84. The minimum Gasteiger partial charge on any atom is -0.335 e. The molecule has 3 rings (SSSR count). The van der Waals surface area contributed by atoms with Crippen LogP contribution < -0.4 is 10.6 Å². The number of hydrogen-bond acceptors (Lipinski definition) is 3. The van der Waals surface area contributed by atoms with E-state index in [9.17, 15) is 4.79 Å². The first-order valence-electron chi connectivity index (χ1n) is 7.96. The second-order valence-corrected chi connectivity index (χ2v) is 6.08. The number of pyridine rings is 1. The zero-order valence-corrected chi connectivity index (χ0v) is 14.1. The fraction of sp³-hybridized carbons (Fsp3) is 0.278. The Bertz CT molecular complexity index is 871. The molecule has 2 heterocycles. The monoisotopic (exact) mass is 323 g/mol. The van der Waals surface area contributed by atoms with Gasteiger partial charge in [0.1, 0.15) is 0 Å². The van der Waals surface area contributed by atoms with Gasteiger partial charge in [-0.15, -0.1) is 0 Å². The maximum Gasteiger partial charge on any atom is 0.319 e. The molecule has 0 saturated heterocycles. The number of anilines is 1. The van der Waals surface area contributed by atoms with Gasteiger partial charge in [0.2, 0.25) is 0 Å². The highest BCUT2D eigenvalue weighted by atomic mass is 16.2. The first-order valence-corrected chi connectivity index (χ1v) is 7.96. The lowest BCUT2D eigenvalue weighted by atomic mass is 10.1. The zero-order valence-electron chi connectivity index (χ0n) is 14.1. The summed E-state index contributed by atoms with van der Waals surface area (Å²) in [5.41, 5.74) is 4.36. The standard InChI is InChI=1S/C18H21N5O/c1-11-7-8-14-5-4-6-16(17(14)19-11)21-18(24)20-12(2)9-15-10-13(3)22-23-15/h4-8,10,12H,9H2,1-3H3,(H,22,23)(H2,20,21,24). The van der Waals surface area contributed by atoms with Crippen LogP contribution in [0.2, 0.25) is 0 Å². The van der Waals surface area contributed by atoms with Crippen molar-refractivity contribution in [3.05, 3.63) is 53.5 Å². The SMILES string of the molecule is Cc1ccc2cccc(NC(=O)NC(C)Cc3cc(C)[nH]n3)c2n1. The number of rotatable bonds is 4. The molecule has 0 aliphatic heterocycles. The molecule has 0 bridgehead atoms. The number of amides is 2. The molecule has 3 N–H and O–H groups in total. The number of para-hydroxylation sites is 1. The van der Waals surface area contributed by atoms with Crippen molar-refractivity contribution < 1.29 is 4.79 Å². The number of fused-ring (bicyclic) bond motifs is 1. The predicted molar refractivity (Wildman–Crippen MR) is 95.1 cm³/mol. The van der Waals surface area contributed by atoms with Crippen LogP contribution in [0.3, 0.4) is 0 Å². The van der Waals surface area contributed by atoms with E-state index < -0.39 is 0 Å². The van der Waals surface area contributed by atoms with Gasteiger partial charge < -0.3 is 10.6 Å². The first kappa shape index (κ1) is 16.0. The summed E-state index contributed by atoms with van der Waals surface area (Å²) in [5.74, 6) is 0. The predicted octanol–water partition coefficient (Wildman–Crippen LogP) is 3.33. The molecule has 2 amide bonds. The van der Waals surface area contributed by atoms with Crippen molar-refractivity contribution in [2.75, 3.05) is 5.32 Å². The third kappa shape index (κ3) is 3.71. The molecule has 0 aliphatic rings. The average molecular weight is 323 g/mol. The van der Waals surface area contributed by atoms with Crippen LogP contribution in [0.4, 0.5) is 10.5 Å². The van der Waals surface area contributed by atoms with Crippen LogP contribution in [0, 0.1) is 13.8 Å². The lowest BCUT2D eigenvalue weighted by Gasteiger charge is -2.14. The average Bonchev–Trinajstić information content (AvgIpc) is 2.92. The zero-order chi connectivity index (χ0) is 17.1. The maximum absolute atomic E-state index is 12.3. The quantitative estimate of drug-likeness (QED) is 0.689. The maximum atomic E-state index is 12.3. The largest absolute Gasteiger partial charge is 0.335 e. The van der Waals surface area contributed by atoms with Gasteiger partial charge in [0.25, 0.3) is 0 Å². The van der Waals surface area contributed by atoms with Crippen LogP contribution in [0.25, 0.3) is 10.9 Å². The smallest absolute Gasteiger partial charge is 0.319 e. The van der Waals surface area contributed by atoms with E-state index in [1.54, 1.807) is 0 Å². The summed E-state index contributed by atoms with van der Waals surface area (Å²) in [6, 6.07) is 11.4. The summed E-state index contributed by atoms with van der Waals surface area (Å²) >= 11 is 0. The summed E-state index contributed by atoms with van der Waals surface area (Å²) in [7, 11) is 0. The van der Waals surface area contributed by atoms with E-state index in [1.807, 2.05) is 57.2 Å². The molecule has 124 valence electrons. The Balaban J connectivity index is 1.67. The summed E-state index contributed by atoms with van der Waals surface area (Å²) in [4.78, 5) is 16.8. The van der Waals surface area contributed by atoms with Crippen molar-refractivity contribution >= 4 is 22.6 Å². The highest BCUT2D eigenvalue weighted by Crippen LogP contribution is 2.21. The molecule has 0 saturated carbocycles. The van der Waals surface area contributed by atoms with Crippen molar-refractivity contribution in [2.45, 2.75) is 33.2 Å². The first-order chi connectivity index (χ1) is 11.5. The highest BCUT2D eigenvalue weighted by molar-refractivity contribution is 5.99. The number of hydrogen-bond donors (Lipinski definition) is 3. The van der Waals surface area contributed by atoms with Gasteiger partial charge >= 0.3 is 6.03 Å². The van der Waals surface area contributed by atoms with E-state index in [1.165, 1.54) is 0 Å². The Hall–Kier alpha value is -2.89. The molecule has 6 nitrogen and oxygen atoms in total. The number of aryl methyl sites for hydroxylation is 2. The van der Waals surface area contributed by atoms with Crippen molar-refractivity contribution in [1.82, 2.24) is 20.5 Å². The normalized spacial score (nSPS) is 12.1. The van der Waals surface area contributed by atoms with Crippen LogP contribution in [0.5, 0.6) is 0 Å². The molecule has 0 aliphatic carbocycles. The molecule has 0 fully saturated rings. The Morgan fingerprint density at radius 3 is 2.83 bits per heavy atom. The number of benzene rings is 1. The molecule has 6 heteroatoms. The number of H-pyrrole nitrogens is 1. The Labute approximate surface area is 140 Å². The second kappa shape index (κ2) is 6.70. The molecule has 0 radical (unpaired) electrons. The van der Waals surface area contributed by atoms with Gasteiger partial charge in [0, 0.05) is 29.2 Å². The van der Waals surface area contributed by atoms with E-state index in [0.717, 1.165) is 28.0 Å². The summed E-state index contributed by atoms with van der Waals surface area (Å²) in [5, 5.41) is 13.9. The molecule has 0 spiro atoms. The van der Waals surface area contributed by atoms with Crippen molar-refractivity contribution in [2.24, 2.45) is 0 Å². The van der Waals surface area contributed by atoms with E-state index in [2.05, 4.69) is 25.8 Å². The lowest BCUT2D eigenvalue weighted by Crippen LogP contribution is -2.37. The Morgan fingerprint density at radius 2 is 2.08 bits per heavy atom. The van der Waals surface area contributed by atoms with Crippen LogP contribution in [-0.2, 0) is 6.42 Å².